The lowest BCUT2D eigenvalue weighted by Gasteiger charge is -2.10. The first kappa shape index (κ1) is 29.3. The van der Waals surface area contributed by atoms with E-state index in [1.165, 1.54) is 6.21 Å². The average Bonchev–Trinajstić information content (AvgIpc) is 3.18. The Balaban J connectivity index is 1.000. The maximum Gasteiger partial charge on any atom is 0.0972 e. The van der Waals surface area contributed by atoms with Gasteiger partial charge in [-0.25, -0.2) is 15.0 Å². The normalized spacial score (nSPS) is 11.9. The Kier molecular flexibility index (Phi) is 7.03. The molecule has 5 aromatic carbocycles. The van der Waals surface area contributed by atoms with Crippen LogP contribution < -0.4 is 0 Å². The molecule has 0 aliphatic rings. The second kappa shape index (κ2) is 12.0. The van der Waals surface area contributed by atoms with Gasteiger partial charge in [-0.1, -0.05) is 85.5 Å². The van der Waals surface area contributed by atoms with Crippen LogP contribution in [0, 0.1) is 5.41 Å². The highest BCUT2D eigenvalue weighted by Crippen LogP contribution is 2.32. The standard InChI is InChI=1S/C45H29N5/c1-2-28(21-22-46)39-19-14-37-26-33(12-17-40(37)48-39)34-13-18-41-38(27-34)15-20-42(49-41)35-9-7-32-25-36(10-8-31(32)24-35)43-16-11-30-6-5-29-4-3-23-47-44(29)45(30)50-43/h2-27,46H,1H2/b28-21+,46-22?. The van der Waals surface area contributed by atoms with E-state index in [0.717, 1.165) is 99.3 Å². The largest absolute Gasteiger partial charge is 0.309 e. The fourth-order valence-electron chi connectivity index (χ4n) is 6.73. The van der Waals surface area contributed by atoms with Gasteiger partial charge in [-0.3, -0.25) is 4.98 Å². The van der Waals surface area contributed by atoms with Crippen molar-refractivity contribution in [1.29, 1.82) is 5.41 Å². The van der Waals surface area contributed by atoms with Crippen LogP contribution in [0.1, 0.15) is 5.69 Å². The Hall–Kier alpha value is -6.85. The van der Waals surface area contributed by atoms with Gasteiger partial charge in [0.15, 0.2) is 0 Å². The third-order valence-electron chi connectivity index (χ3n) is 9.35. The summed E-state index contributed by atoms with van der Waals surface area (Å²) in [7, 11) is 0. The first-order valence-electron chi connectivity index (χ1n) is 16.5. The first-order valence-corrected chi connectivity index (χ1v) is 16.5. The van der Waals surface area contributed by atoms with Gasteiger partial charge in [-0.15, -0.1) is 0 Å². The zero-order valence-corrected chi connectivity index (χ0v) is 27.0. The predicted molar refractivity (Wildman–Crippen MR) is 208 cm³/mol. The minimum absolute atomic E-state index is 0.803. The van der Waals surface area contributed by atoms with E-state index in [1.54, 1.807) is 12.2 Å². The van der Waals surface area contributed by atoms with Crippen molar-refractivity contribution >= 4 is 66.2 Å². The van der Waals surface area contributed by atoms with Crippen LogP contribution in [0.4, 0.5) is 0 Å². The van der Waals surface area contributed by atoms with Crippen molar-refractivity contribution in [2.75, 3.05) is 0 Å². The summed E-state index contributed by atoms with van der Waals surface area (Å²) in [6, 6.07) is 46.5. The summed E-state index contributed by atoms with van der Waals surface area (Å²) in [5.74, 6) is 0. The van der Waals surface area contributed by atoms with Crippen molar-refractivity contribution < 1.29 is 0 Å². The molecule has 9 rings (SSSR count). The molecule has 0 amide bonds. The molecule has 0 radical (unpaired) electrons. The number of fused-ring (bicyclic) bond motifs is 6. The van der Waals surface area contributed by atoms with E-state index in [1.807, 2.05) is 24.4 Å². The van der Waals surface area contributed by atoms with Gasteiger partial charge >= 0.3 is 0 Å². The van der Waals surface area contributed by atoms with Gasteiger partial charge in [0.05, 0.1) is 39.1 Å². The van der Waals surface area contributed by atoms with Gasteiger partial charge in [0, 0.05) is 50.7 Å². The lowest BCUT2D eigenvalue weighted by atomic mass is 9.99. The van der Waals surface area contributed by atoms with Crippen LogP contribution in [-0.2, 0) is 0 Å². The van der Waals surface area contributed by atoms with Crippen molar-refractivity contribution in [3.05, 3.63) is 164 Å². The quantitative estimate of drug-likeness (QED) is 0.112. The van der Waals surface area contributed by atoms with E-state index in [4.69, 9.17) is 20.4 Å². The van der Waals surface area contributed by atoms with Crippen LogP contribution in [0.3, 0.4) is 0 Å². The van der Waals surface area contributed by atoms with Crippen molar-refractivity contribution in [3.63, 3.8) is 0 Å². The summed E-state index contributed by atoms with van der Waals surface area (Å²) < 4.78 is 0. The predicted octanol–water partition coefficient (Wildman–Crippen LogP) is 11.3. The van der Waals surface area contributed by atoms with E-state index in [2.05, 4.69) is 127 Å². The zero-order valence-electron chi connectivity index (χ0n) is 27.0. The van der Waals surface area contributed by atoms with Crippen molar-refractivity contribution in [1.82, 2.24) is 19.9 Å². The number of hydrogen-bond donors (Lipinski definition) is 1. The van der Waals surface area contributed by atoms with Crippen LogP contribution in [0.15, 0.2) is 158 Å². The fourth-order valence-corrected chi connectivity index (χ4v) is 6.73. The van der Waals surface area contributed by atoms with Crippen LogP contribution in [-0.4, -0.2) is 26.2 Å². The van der Waals surface area contributed by atoms with Gasteiger partial charge < -0.3 is 5.41 Å². The summed E-state index contributed by atoms with van der Waals surface area (Å²) in [5, 5.41) is 14.0. The molecule has 0 saturated carbocycles. The molecule has 0 aliphatic heterocycles. The molecule has 5 heteroatoms. The van der Waals surface area contributed by atoms with Crippen LogP contribution >= 0.6 is 0 Å². The molecular formula is C45H29N5. The summed E-state index contributed by atoms with van der Waals surface area (Å²) in [6.07, 6.45) is 6.50. The lowest BCUT2D eigenvalue weighted by molar-refractivity contribution is 1.35. The van der Waals surface area contributed by atoms with Crippen LogP contribution in [0.2, 0.25) is 0 Å². The number of nitrogens with zero attached hydrogens (tertiary/aromatic N) is 4. The molecule has 0 aliphatic carbocycles. The average molecular weight is 640 g/mol. The molecule has 50 heavy (non-hydrogen) atoms. The number of aromatic nitrogens is 4. The van der Waals surface area contributed by atoms with Gasteiger partial charge in [0.2, 0.25) is 0 Å². The lowest BCUT2D eigenvalue weighted by Crippen LogP contribution is -1.90. The minimum atomic E-state index is 0.803. The molecule has 0 fully saturated rings. The van der Waals surface area contributed by atoms with Crippen LogP contribution in [0.25, 0.3) is 93.6 Å². The minimum Gasteiger partial charge on any atom is -0.309 e. The molecule has 0 spiro atoms. The zero-order chi connectivity index (χ0) is 33.6. The Morgan fingerprint density at radius 3 is 1.72 bits per heavy atom. The monoisotopic (exact) mass is 639 g/mol. The third-order valence-corrected chi connectivity index (χ3v) is 9.35. The van der Waals surface area contributed by atoms with Gasteiger partial charge in [0.25, 0.3) is 0 Å². The summed E-state index contributed by atoms with van der Waals surface area (Å²) in [6.45, 7) is 3.86. The fraction of sp³-hybridized carbons (Fsp3) is 0. The Bertz CT molecular complexity index is 2870. The molecule has 0 unspecified atom stereocenters. The molecule has 4 heterocycles. The second-order valence-electron chi connectivity index (χ2n) is 12.4. The Morgan fingerprint density at radius 1 is 0.500 bits per heavy atom. The summed E-state index contributed by atoms with van der Waals surface area (Å²) >= 11 is 0. The summed E-state index contributed by atoms with van der Waals surface area (Å²) in [4.78, 5) is 19.5. The number of benzene rings is 5. The number of hydrogen-bond acceptors (Lipinski definition) is 5. The van der Waals surface area contributed by atoms with Gasteiger partial charge in [-0.05, 0) is 88.6 Å². The molecule has 0 saturated heterocycles. The van der Waals surface area contributed by atoms with E-state index in [0.29, 0.717) is 0 Å². The highest BCUT2D eigenvalue weighted by atomic mass is 14.8. The van der Waals surface area contributed by atoms with E-state index in [-0.39, 0.29) is 0 Å². The Morgan fingerprint density at radius 2 is 1.04 bits per heavy atom. The van der Waals surface area contributed by atoms with E-state index in [9.17, 15) is 0 Å². The summed E-state index contributed by atoms with van der Waals surface area (Å²) in [5.41, 5.74) is 11.6. The van der Waals surface area contributed by atoms with Crippen molar-refractivity contribution in [2.45, 2.75) is 0 Å². The topological polar surface area (TPSA) is 75.4 Å². The maximum absolute atomic E-state index is 7.39. The number of pyridine rings is 4. The van der Waals surface area contributed by atoms with Gasteiger partial charge in [-0.2, -0.15) is 0 Å². The molecule has 4 aromatic heterocycles. The molecule has 0 atom stereocenters. The van der Waals surface area contributed by atoms with E-state index >= 15 is 0 Å². The smallest absolute Gasteiger partial charge is 0.0972 e. The SMILES string of the molecule is C=C/C(=C\C=N)c1ccc2cc(-c3ccc4nc(-c5ccc6cc(-c7ccc8ccc9cccnc9c8n7)ccc6c5)ccc4c3)ccc2n1. The van der Waals surface area contributed by atoms with Gasteiger partial charge in [0.1, 0.15) is 0 Å². The Labute approximate surface area is 288 Å². The first-order chi connectivity index (χ1) is 24.6. The molecule has 5 nitrogen and oxygen atoms in total. The molecule has 0 bridgehead atoms. The van der Waals surface area contributed by atoms with Crippen LogP contribution in [0.5, 0.6) is 0 Å². The molecule has 1 N–H and O–H groups in total. The molecule has 9 aromatic rings. The highest BCUT2D eigenvalue weighted by Gasteiger charge is 2.10. The number of allylic oxidation sites excluding steroid dienone is 3. The number of rotatable bonds is 6. The third kappa shape index (κ3) is 5.18. The van der Waals surface area contributed by atoms with Crippen molar-refractivity contribution in [2.24, 2.45) is 0 Å². The van der Waals surface area contributed by atoms with E-state index < -0.39 is 0 Å². The maximum atomic E-state index is 7.39. The number of nitrogens with one attached hydrogen (secondary N) is 1. The second-order valence-corrected chi connectivity index (χ2v) is 12.4. The molecule has 234 valence electrons. The van der Waals surface area contributed by atoms with Crippen molar-refractivity contribution in [3.8, 4) is 33.6 Å². The highest BCUT2D eigenvalue weighted by molar-refractivity contribution is 6.03. The molecular weight excluding hydrogens is 611 g/mol.